The second-order valence-electron chi connectivity index (χ2n) is 7.10. The van der Waals surface area contributed by atoms with E-state index in [1.165, 1.54) is 0 Å². The molecule has 2 N–H and O–H groups in total. The number of nitrogens with zero attached hydrogens (tertiary/aromatic N) is 1. The number of H-pyrrole nitrogens is 1. The summed E-state index contributed by atoms with van der Waals surface area (Å²) in [6.45, 7) is 0.656. The maximum Gasteiger partial charge on any atom is 0.270 e. The number of hydrogen-bond acceptors (Lipinski definition) is 4. The van der Waals surface area contributed by atoms with E-state index in [2.05, 4.69) is 4.98 Å². The fraction of sp³-hybridized carbons (Fsp3) is 0.526. The molecule has 2 aliphatic rings. The molecule has 2 fully saturated rings. The molecule has 6 heteroatoms. The molecule has 1 amide bonds. The quantitative estimate of drug-likeness (QED) is 0.896. The number of aromatic nitrogens is 1. The highest BCUT2D eigenvalue weighted by atomic mass is 16.5. The van der Waals surface area contributed by atoms with Crippen molar-refractivity contribution in [1.29, 1.82) is 0 Å². The van der Waals surface area contributed by atoms with Gasteiger partial charge in [-0.15, -0.1) is 0 Å². The molecular formula is C19H24N2O4. The molecule has 3 atom stereocenters. The standard InChI is InChI=1S/C19H24N2O4/c1-24-14-3-4-15-12(9-14)10-16(20-15)18(23)21-8-7-19(25-2)6-5-13(22)11-17(19)21/h3-4,9-10,13,17,20,22H,5-8,11H2,1-2H3/t13-,17+,19-/m1/s1. The molecule has 0 bridgehead atoms. The number of benzene rings is 1. The largest absolute Gasteiger partial charge is 0.497 e. The fourth-order valence-corrected chi connectivity index (χ4v) is 4.43. The number of aromatic amines is 1. The second kappa shape index (κ2) is 6.04. The molecule has 4 rings (SSSR count). The Bertz CT molecular complexity index is 802. The maximum absolute atomic E-state index is 13.1. The van der Waals surface area contributed by atoms with Crippen LogP contribution in [-0.4, -0.2) is 59.4 Å². The van der Waals surface area contributed by atoms with E-state index in [0.29, 0.717) is 18.7 Å². The smallest absolute Gasteiger partial charge is 0.270 e. The van der Waals surface area contributed by atoms with Crippen molar-refractivity contribution in [2.45, 2.75) is 43.4 Å². The number of hydrogen-bond donors (Lipinski definition) is 2. The van der Waals surface area contributed by atoms with Crippen LogP contribution in [0.5, 0.6) is 5.75 Å². The first-order valence-electron chi connectivity index (χ1n) is 8.77. The summed E-state index contributed by atoms with van der Waals surface area (Å²) in [6.07, 6.45) is 2.56. The predicted molar refractivity (Wildman–Crippen MR) is 93.9 cm³/mol. The van der Waals surface area contributed by atoms with Gasteiger partial charge in [0.05, 0.1) is 24.9 Å². The third-order valence-electron chi connectivity index (χ3n) is 5.88. The zero-order valence-electron chi connectivity index (χ0n) is 14.6. The average Bonchev–Trinajstić information content (AvgIpc) is 3.22. The molecule has 25 heavy (non-hydrogen) atoms. The molecule has 1 aromatic carbocycles. The number of carbonyl (C=O) groups excluding carboxylic acids is 1. The first-order chi connectivity index (χ1) is 12.1. The van der Waals surface area contributed by atoms with Crippen LogP contribution in [0.4, 0.5) is 0 Å². The number of methoxy groups -OCH3 is 2. The summed E-state index contributed by atoms with van der Waals surface area (Å²) in [7, 11) is 3.34. The van der Waals surface area contributed by atoms with Crippen molar-refractivity contribution in [2.75, 3.05) is 20.8 Å². The summed E-state index contributed by atoms with van der Waals surface area (Å²) in [5.74, 6) is 0.730. The Labute approximate surface area is 146 Å². The van der Waals surface area contributed by atoms with Gasteiger partial charge >= 0.3 is 0 Å². The van der Waals surface area contributed by atoms with Gasteiger partial charge < -0.3 is 24.5 Å². The van der Waals surface area contributed by atoms with Gasteiger partial charge in [-0.2, -0.15) is 0 Å². The van der Waals surface area contributed by atoms with Crippen LogP contribution in [0.2, 0.25) is 0 Å². The number of aliphatic hydroxyl groups excluding tert-OH is 1. The van der Waals surface area contributed by atoms with Crippen molar-refractivity contribution in [3.8, 4) is 5.75 Å². The molecule has 1 saturated heterocycles. The van der Waals surface area contributed by atoms with Gasteiger partial charge in [0.1, 0.15) is 11.4 Å². The lowest BCUT2D eigenvalue weighted by molar-refractivity contribution is -0.0824. The zero-order chi connectivity index (χ0) is 17.6. The molecule has 2 aromatic rings. The van der Waals surface area contributed by atoms with Crippen molar-refractivity contribution in [3.63, 3.8) is 0 Å². The number of aliphatic hydroxyl groups is 1. The lowest BCUT2D eigenvalue weighted by atomic mass is 9.79. The molecule has 1 aliphatic heterocycles. The molecular weight excluding hydrogens is 320 g/mol. The topological polar surface area (TPSA) is 74.8 Å². The van der Waals surface area contributed by atoms with E-state index in [1.54, 1.807) is 14.2 Å². The van der Waals surface area contributed by atoms with Crippen LogP contribution in [0, 0.1) is 0 Å². The van der Waals surface area contributed by atoms with Gasteiger partial charge in [0.15, 0.2) is 0 Å². The van der Waals surface area contributed by atoms with E-state index in [0.717, 1.165) is 35.9 Å². The molecule has 1 aromatic heterocycles. The Morgan fingerprint density at radius 3 is 2.92 bits per heavy atom. The number of rotatable bonds is 3. The number of likely N-dealkylation sites (tertiary alicyclic amines) is 1. The summed E-state index contributed by atoms with van der Waals surface area (Å²) in [5.41, 5.74) is 1.16. The normalized spacial score (nSPS) is 29.0. The lowest BCUT2D eigenvalue weighted by Gasteiger charge is -2.42. The van der Waals surface area contributed by atoms with Gasteiger partial charge in [0.2, 0.25) is 0 Å². The lowest BCUT2D eigenvalue weighted by Crippen LogP contribution is -2.52. The van der Waals surface area contributed by atoms with Crippen LogP contribution < -0.4 is 4.74 Å². The van der Waals surface area contributed by atoms with Gasteiger partial charge in [-0.05, 0) is 49.9 Å². The molecule has 1 saturated carbocycles. The predicted octanol–water partition coefficient (Wildman–Crippen LogP) is 2.32. The van der Waals surface area contributed by atoms with Crippen LogP contribution in [-0.2, 0) is 4.74 Å². The van der Waals surface area contributed by atoms with E-state index >= 15 is 0 Å². The van der Waals surface area contributed by atoms with Gasteiger partial charge in [-0.25, -0.2) is 0 Å². The maximum atomic E-state index is 13.1. The minimum Gasteiger partial charge on any atom is -0.497 e. The zero-order valence-corrected chi connectivity index (χ0v) is 14.6. The Morgan fingerprint density at radius 1 is 1.32 bits per heavy atom. The fourth-order valence-electron chi connectivity index (χ4n) is 4.43. The minimum absolute atomic E-state index is 0.0341. The van der Waals surface area contributed by atoms with Crippen molar-refractivity contribution < 1.29 is 19.4 Å². The highest BCUT2D eigenvalue weighted by molar-refractivity contribution is 5.98. The Hall–Kier alpha value is -2.05. The number of fused-ring (bicyclic) bond motifs is 2. The Kier molecular flexibility index (Phi) is 3.96. The molecule has 134 valence electrons. The SMILES string of the molecule is COc1ccc2[nH]c(C(=O)N3CC[C@]4(OC)CC[C@@H](O)C[C@H]34)cc2c1. The molecule has 0 radical (unpaired) electrons. The number of nitrogens with one attached hydrogen (secondary N) is 1. The highest BCUT2D eigenvalue weighted by Gasteiger charge is 2.52. The number of amides is 1. The van der Waals surface area contributed by atoms with E-state index in [4.69, 9.17) is 9.47 Å². The van der Waals surface area contributed by atoms with Gasteiger partial charge in [0, 0.05) is 24.6 Å². The van der Waals surface area contributed by atoms with Crippen molar-refractivity contribution in [1.82, 2.24) is 9.88 Å². The molecule has 0 spiro atoms. The monoisotopic (exact) mass is 344 g/mol. The summed E-state index contributed by atoms with van der Waals surface area (Å²) in [5, 5.41) is 11.0. The summed E-state index contributed by atoms with van der Waals surface area (Å²) in [6, 6.07) is 7.49. The van der Waals surface area contributed by atoms with Gasteiger partial charge in [0.25, 0.3) is 5.91 Å². The molecule has 1 aliphatic carbocycles. The van der Waals surface area contributed by atoms with Gasteiger partial charge in [-0.1, -0.05) is 0 Å². The van der Waals surface area contributed by atoms with Crippen molar-refractivity contribution in [3.05, 3.63) is 30.0 Å². The van der Waals surface area contributed by atoms with Crippen molar-refractivity contribution >= 4 is 16.8 Å². The Balaban J connectivity index is 1.64. The molecule has 6 nitrogen and oxygen atoms in total. The van der Waals surface area contributed by atoms with Crippen LogP contribution in [0.25, 0.3) is 10.9 Å². The van der Waals surface area contributed by atoms with Crippen LogP contribution in [0.3, 0.4) is 0 Å². The summed E-state index contributed by atoms with van der Waals surface area (Å²) < 4.78 is 11.1. The average molecular weight is 344 g/mol. The third-order valence-corrected chi connectivity index (χ3v) is 5.88. The van der Waals surface area contributed by atoms with Crippen molar-refractivity contribution in [2.24, 2.45) is 0 Å². The van der Waals surface area contributed by atoms with E-state index < -0.39 is 0 Å². The number of carbonyl (C=O) groups is 1. The van der Waals surface area contributed by atoms with Gasteiger partial charge in [-0.3, -0.25) is 4.79 Å². The summed E-state index contributed by atoms with van der Waals surface area (Å²) in [4.78, 5) is 18.2. The first-order valence-corrected chi connectivity index (χ1v) is 8.77. The van der Waals surface area contributed by atoms with Crippen LogP contribution in [0.15, 0.2) is 24.3 Å². The van der Waals surface area contributed by atoms with E-state index in [-0.39, 0.29) is 23.7 Å². The summed E-state index contributed by atoms with van der Waals surface area (Å²) >= 11 is 0. The van der Waals surface area contributed by atoms with Crippen LogP contribution >= 0.6 is 0 Å². The molecule has 0 unspecified atom stereocenters. The third kappa shape index (κ3) is 2.60. The Morgan fingerprint density at radius 2 is 2.16 bits per heavy atom. The van der Waals surface area contributed by atoms with E-state index in [9.17, 15) is 9.90 Å². The van der Waals surface area contributed by atoms with E-state index in [1.807, 2.05) is 29.2 Å². The first kappa shape index (κ1) is 16.4. The number of ether oxygens (including phenoxy) is 2. The second-order valence-corrected chi connectivity index (χ2v) is 7.10. The minimum atomic E-state index is -0.367. The molecule has 2 heterocycles. The van der Waals surface area contributed by atoms with Crippen LogP contribution in [0.1, 0.15) is 36.2 Å². The highest BCUT2D eigenvalue weighted by Crippen LogP contribution is 2.43.